The van der Waals surface area contributed by atoms with E-state index in [1.165, 1.54) is 0 Å². The number of aromatic nitrogens is 2. The highest BCUT2D eigenvalue weighted by Crippen LogP contribution is 2.25. The van der Waals surface area contributed by atoms with Gasteiger partial charge in [-0.25, -0.2) is 4.98 Å². The van der Waals surface area contributed by atoms with Crippen molar-refractivity contribution in [2.24, 2.45) is 0 Å². The molecule has 1 aliphatic carbocycles. The van der Waals surface area contributed by atoms with Crippen LogP contribution in [0, 0.1) is 0 Å². The van der Waals surface area contributed by atoms with Crippen LogP contribution in [0.2, 0.25) is 0 Å². The molecule has 2 aliphatic rings. The van der Waals surface area contributed by atoms with Crippen molar-refractivity contribution in [2.75, 3.05) is 26.2 Å². The molecule has 5 nitrogen and oxygen atoms in total. The van der Waals surface area contributed by atoms with Crippen LogP contribution in [0.15, 0.2) is 4.79 Å². The lowest BCUT2D eigenvalue weighted by Crippen LogP contribution is -2.45. The number of nitrogens with zero attached hydrogens (tertiary/aromatic N) is 2. The Morgan fingerprint density at radius 2 is 2.10 bits per heavy atom. The zero-order valence-electron chi connectivity index (χ0n) is 12.2. The molecule has 0 amide bonds. The maximum atomic E-state index is 12.2. The van der Waals surface area contributed by atoms with Gasteiger partial charge in [0.2, 0.25) is 0 Å². The minimum Gasteiger partial charge on any atom is -0.314 e. The zero-order chi connectivity index (χ0) is 13.9. The molecule has 1 aromatic heterocycles. The lowest BCUT2D eigenvalue weighted by molar-refractivity contribution is 0.157. The van der Waals surface area contributed by atoms with Crippen LogP contribution >= 0.6 is 0 Å². The van der Waals surface area contributed by atoms with E-state index in [0.717, 1.165) is 75.4 Å². The molecule has 20 heavy (non-hydrogen) atoms. The Kier molecular flexibility index (Phi) is 4.17. The highest BCUT2D eigenvalue weighted by atomic mass is 16.1. The second-order valence-corrected chi connectivity index (χ2v) is 5.82. The molecule has 0 aromatic carbocycles. The molecule has 1 atom stereocenters. The number of piperazine rings is 1. The number of hydrogen-bond donors (Lipinski definition) is 2. The maximum Gasteiger partial charge on any atom is 0.254 e. The predicted octanol–water partition coefficient (Wildman–Crippen LogP) is 1.00. The fourth-order valence-electron chi connectivity index (χ4n) is 3.38. The van der Waals surface area contributed by atoms with Crippen LogP contribution in [0.4, 0.5) is 0 Å². The van der Waals surface area contributed by atoms with Gasteiger partial charge in [0, 0.05) is 31.7 Å². The van der Waals surface area contributed by atoms with Gasteiger partial charge in [0.1, 0.15) is 5.82 Å². The number of nitrogens with one attached hydrogen (secondary N) is 2. The summed E-state index contributed by atoms with van der Waals surface area (Å²) in [6.07, 6.45) is 5.09. The van der Waals surface area contributed by atoms with Gasteiger partial charge in [0.25, 0.3) is 5.56 Å². The quantitative estimate of drug-likeness (QED) is 0.861. The first-order valence-corrected chi connectivity index (χ1v) is 7.86. The van der Waals surface area contributed by atoms with Crippen LogP contribution in [-0.4, -0.2) is 41.0 Å². The highest BCUT2D eigenvalue weighted by Gasteiger charge is 2.26. The van der Waals surface area contributed by atoms with E-state index >= 15 is 0 Å². The van der Waals surface area contributed by atoms with Gasteiger partial charge in [-0.15, -0.1) is 0 Å². The van der Waals surface area contributed by atoms with Gasteiger partial charge in [-0.1, -0.05) is 13.3 Å². The summed E-state index contributed by atoms with van der Waals surface area (Å²) in [5.74, 6) is 0.888. The van der Waals surface area contributed by atoms with Gasteiger partial charge in [-0.05, 0) is 25.7 Å². The van der Waals surface area contributed by atoms with Crippen LogP contribution in [0.25, 0.3) is 0 Å². The molecule has 3 rings (SSSR count). The molecule has 0 saturated carbocycles. The van der Waals surface area contributed by atoms with Crippen molar-refractivity contribution in [3.05, 3.63) is 27.4 Å². The summed E-state index contributed by atoms with van der Waals surface area (Å²) < 4.78 is 0. The third-order valence-corrected chi connectivity index (χ3v) is 4.43. The van der Waals surface area contributed by atoms with Crippen molar-refractivity contribution >= 4 is 0 Å². The summed E-state index contributed by atoms with van der Waals surface area (Å²) in [4.78, 5) is 22.5. The van der Waals surface area contributed by atoms with Gasteiger partial charge in [0.15, 0.2) is 0 Å². The monoisotopic (exact) mass is 276 g/mol. The second kappa shape index (κ2) is 6.06. The Morgan fingerprint density at radius 3 is 2.85 bits per heavy atom. The number of fused-ring (bicyclic) bond motifs is 1. The average molecular weight is 276 g/mol. The van der Waals surface area contributed by atoms with Crippen molar-refractivity contribution in [1.82, 2.24) is 20.2 Å². The Balaban J connectivity index is 1.90. The number of rotatable bonds is 4. The zero-order valence-corrected chi connectivity index (χ0v) is 12.2. The van der Waals surface area contributed by atoms with Gasteiger partial charge >= 0.3 is 0 Å². The molecule has 1 aliphatic heterocycles. The van der Waals surface area contributed by atoms with E-state index in [1.807, 2.05) is 0 Å². The van der Waals surface area contributed by atoms with Gasteiger partial charge in [0.05, 0.1) is 11.7 Å². The van der Waals surface area contributed by atoms with E-state index in [9.17, 15) is 4.79 Å². The third-order valence-electron chi connectivity index (χ3n) is 4.43. The Bertz CT molecular complexity index is 519. The molecule has 0 bridgehead atoms. The van der Waals surface area contributed by atoms with Crippen LogP contribution < -0.4 is 10.9 Å². The van der Waals surface area contributed by atoms with Crippen molar-refractivity contribution in [3.63, 3.8) is 0 Å². The predicted molar refractivity (Wildman–Crippen MR) is 79.0 cm³/mol. The SMILES string of the molecule is CCCC(c1nc2c(c(=O)[nH]1)CCC2)N1CCNCC1. The van der Waals surface area contributed by atoms with Crippen molar-refractivity contribution < 1.29 is 0 Å². The Morgan fingerprint density at radius 1 is 1.30 bits per heavy atom. The molecular weight excluding hydrogens is 252 g/mol. The van der Waals surface area contributed by atoms with Crippen LogP contribution in [-0.2, 0) is 12.8 Å². The van der Waals surface area contributed by atoms with Crippen molar-refractivity contribution in [1.29, 1.82) is 0 Å². The first kappa shape index (κ1) is 13.8. The lowest BCUT2D eigenvalue weighted by atomic mass is 10.1. The molecule has 0 radical (unpaired) electrons. The molecule has 2 N–H and O–H groups in total. The second-order valence-electron chi connectivity index (χ2n) is 5.82. The molecule has 1 aromatic rings. The van der Waals surface area contributed by atoms with E-state index in [4.69, 9.17) is 4.98 Å². The topological polar surface area (TPSA) is 61.0 Å². The molecule has 5 heteroatoms. The lowest BCUT2D eigenvalue weighted by Gasteiger charge is -2.34. The molecule has 1 fully saturated rings. The summed E-state index contributed by atoms with van der Waals surface area (Å²) in [5, 5.41) is 3.38. The molecule has 2 heterocycles. The Labute approximate surface area is 119 Å². The first-order valence-electron chi connectivity index (χ1n) is 7.86. The first-order chi connectivity index (χ1) is 9.79. The van der Waals surface area contributed by atoms with E-state index in [1.54, 1.807) is 0 Å². The van der Waals surface area contributed by atoms with Crippen LogP contribution in [0.3, 0.4) is 0 Å². The Hall–Kier alpha value is -1.20. The smallest absolute Gasteiger partial charge is 0.254 e. The standard InChI is InChI=1S/C15H24N4O/c1-2-4-13(19-9-7-16-8-10-19)14-17-12-6-3-5-11(12)15(20)18-14/h13,16H,2-10H2,1H3,(H,17,18,20). The van der Waals surface area contributed by atoms with Crippen LogP contribution in [0.1, 0.15) is 49.3 Å². The van der Waals surface area contributed by atoms with E-state index in [-0.39, 0.29) is 11.6 Å². The summed E-state index contributed by atoms with van der Waals surface area (Å²) in [6.45, 7) is 6.31. The largest absolute Gasteiger partial charge is 0.314 e. The van der Waals surface area contributed by atoms with Crippen molar-refractivity contribution in [3.8, 4) is 0 Å². The fraction of sp³-hybridized carbons (Fsp3) is 0.733. The third kappa shape index (κ3) is 2.65. The minimum absolute atomic E-state index is 0.0961. The fourth-order valence-corrected chi connectivity index (χ4v) is 3.38. The van der Waals surface area contributed by atoms with E-state index < -0.39 is 0 Å². The number of aryl methyl sites for hydroxylation is 1. The summed E-state index contributed by atoms with van der Waals surface area (Å²) in [6, 6.07) is 0.265. The molecule has 1 saturated heterocycles. The minimum atomic E-state index is 0.0961. The van der Waals surface area contributed by atoms with Gasteiger partial charge in [-0.2, -0.15) is 0 Å². The summed E-state index contributed by atoms with van der Waals surface area (Å²) in [7, 11) is 0. The van der Waals surface area contributed by atoms with Crippen molar-refractivity contribution in [2.45, 2.75) is 45.1 Å². The van der Waals surface area contributed by atoms with Gasteiger partial charge in [-0.3, -0.25) is 9.69 Å². The molecular formula is C15H24N4O. The highest BCUT2D eigenvalue weighted by molar-refractivity contribution is 5.23. The number of hydrogen-bond acceptors (Lipinski definition) is 4. The number of H-pyrrole nitrogens is 1. The van der Waals surface area contributed by atoms with E-state index in [2.05, 4.69) is 22.1 Å². The maximum absolute atomic E-state index is 12.2. The van der Waals surface area contributed by atoms with Crippen LogP contribution in [0.5, 0.6) is 0 Å². The molecule has 0 spiro atoms. The normalized spacial score (nSPS) is 20.9. The molecule has 110 valence electrons. The average Bonchev–Trinajstić information content (AvgIpc) is 2.94. The van der Waals surface area contributed by atoms with Gasteiger partial charge < -0.3 is 10.3 Å². The summed E-state index contributed by atoms with van der Waals surface area (Å²) in [5.41, 5.74) is 2.06. The number of aromatic amines is 1. The molecule has 1 unspecified atom stereocenters. The van der Waals surface area contributed by atoms with E-state index in [0.29, 0.717) is 0 Å². The summed E-state index contributed by atoms with van der Waals surface area (Å²) >= 11 is 0.